The lowest BCUT2D eigenvalue weighted by atomic mass is 10.5. The standard InChI is InChI=1S/C6H6O2.C2H5NO/c1-5-2-3-6(4-7)8-5;1-2-3-4/h2-4H,1H3;2,4H,1H3/b;3-2+. The average molecular weight is 169 g/mol. The van der Waals surface area contributed by atoms with E-state index in [1.807, 2.05) is 0 Å². The van der Waals surface area contributed by atoms with Gasteiger partial charge in [-0.05, 0) is 26.0 Å². The van der Waals surface area contributed by atoms with Gasteiger partial charge >= 0.3 is 0 Å². The summed E-state index contributed by atoms with van der Waals surface area (Å²) < 4.78 is 4.86. The lowest BCUT2D eigenvalue weighted by Gasteiger charge is -1.75. The largest absolute Gasteiger partial charge is 0.459 e. The van der Waals surface area contributed by atoms with Crippen molar-refractivity contribution in [1.29, 1.82) is 0 Å². The van der Waals surface area contributed by atoms with Gasteiger partial charge < -0.3 is 9.62 Å². The summed E-state index contributed by atoms with van der Waals surface area (Å²) in [5, 5.41) is 10.1. The van der Waals surface area contributed by atoms with E-state index in [1.165, 1.54) is 6.21 Å². The zero-order chi connectivity index (χ0) is 9.40. The monoisotopic (exact) mass is 169 g/mol. The van der Waals surface area contributed by atoms with Crippen molar-refractivity contribution in [2.45, 2.75) is 13.8 Å². The van der Waals surface area contributed by atoms with Crippen molar-refractivity contribution < 1.29 is 14.4 Å². The highest BCUT2D eigenvalue weighted by Gasteiger charge is 1.91. The highest BCUT2D eigenvalue weighted by molar-refractivity contribution is 5.70. The molecule has 4 heteroatoms. The number of furan rings is 1. The molecule has 0 spiro atoms. The van der Waals surface area contributed by atoms with Gasteiger partial charge in [0.15, 0.2) is 12.0 Å². The molecule has 66 valence electrons. The maximum absolute atomic E-state index is 9.93. The van der Waals surface area contributed by atoms with E-state index in [1.54, 1.807) is 26.0 Å². The Morgan fingerprint density at radius 3 is 2.33 bits per heavy atom. The number of hydrogen-bond donors (Lipinski definition) is 1. The number of carbonyl (C=O) groups excluding carboxylic acids is 1. The van der Waals surface area contributed by atoms with Crippen LogP contribution >= 0.6 is 0 Å². The molecule has 0 radical (unpaired) electrons. The van der Waals surface area contributed by atoms with E-state index in [0.717, 1.165) is 5.76 Å². The molecule has 0 aliphatic rings. The van der Waals surface area contributed by atoms with Gasteiger partial charge in [0.1, 0.15) is 5.76 Å². The molecule has 1 aromatic heterocycles. The number of hydrogen-bond acceptors (Lipinski definition) is 4. The van der Waals surface area contributed by atoms with E-state index in [2.05, 4.69) is 5.16 Å². The van der Waals surface area contributed by atoms with Crippen molar-refractivity contribution in [3.8, 4) is 0 Å². The second-order valence-electron chi connectivity index (χ2n) is 1.94. The predicted molar refractivity (Wildman–Crippen MR) is 44.8 cm³/mol. The quantitative estimate of drug-likeness (QED) is 0.302. The number of carbonyl (C=O) groups is 1. The molecule has 0 bridgehead atoms. The molecule has 1 aromatic rings. The highest BCUT2D eigenvalue weighted by Crippen LogP contribution is 2.01. The van der Waals surface area contributed by atoms with Gasteiger partial charge in [-0.3, -0.25) is 4.79 Å². The molecule has 0 aliphatic carbocycles. The van der Waals surface area contributed by atoms with Crippen LogP contribution in [0.2, 0.25) is 0 Å². The lowest BCUT2D eigenvalue weighted by molar-refractivity contribution is 0.109. The van der Waals surface area contributed by atoms with Crippen LogP contribution in [0.4, 0.5) is 0 Å². The molecule has 0 fully saturated rings. The second-order valence-corrected chi connectivity index (χ2v) is 1.94. The molecule has 0 aliphatic heterocycles. The van der Waals surface area contributed by atoms with Crippen LogP contribution in [0.3, 0.4) is 0 Å². The Hall–Kier alpha value is -1.58. The molecular formula is C8H11NO3. The molecule has 0 aromatic carbocycles. The van der Waals surface area contributed by atoms with Crippen LogP contribution < -0.4 is 0 Å². The molecule has 1 rings (SSSR count). The fraction of sp³-hybridized carbons (Fsp3) is 0.250. The lowest BCUT2D eigenvalue weighted by Crippen LogP contribution is -1.66. The van der Waals surface area contributed by atoms with Crippen LogP contribution in [0.15, 0.2) is 21.7 Å². The fourth-order valence-corrected chi connectivity index (χ4v) is 0.517. The number of aldehydes is 1. The third-order valence-corrected chi connectivity index (χ3v) is 0.993. The summed E-state index contributed by atoms with van der Waals surface area (Å²) in [5.41, 5.74) is 0. The van der Waals surface area contributed by atoms with Gasteiger partial charge in [-0.2, -0.15) is 0 Å². The number of aryl methyl sites for hydroxylation is 1. The zero-order valence-electron chi connectivity index (χ0n) is 7.02. The third-order valence-electron chi connectivity index (χ3n) is 0.993. The topological polar surface area (TPSA) is 62.8 Å². The minimum absolute atomic E-state index is 0.391. The Morgan fingerprint density at radius 1 is 1.58 bits per heavy atom. The van der Waals surface area contributed by atoms with Gasteiger partial charge in [0.05, 0.1) is 0 Å². The Morgan fingerprint density at radius 2 is 2.17 bits per heavy atom. The Kier molecular flexibility index (Phi) is 5.34. The van der Waals surface area contributed by atoms with Gasteiger partial charge in [0, 0.05) is 6.21 Å². The molecule has 1 N–H and O–H groups in total. The van der Waals surface area contributed by atoms with Crippen molar-refractivity contribution >= 4 is 12.5 Å². The van der Waals surface area contributed by atoms with Crippen LogP contribution in [0.5, 0.6) is 0 Å². The molecule has 0 unspecified atom stereocenters. The number of nitrogens with zero attached hydrogens (tertiary/aromatic N) is 1. The van der Waals surface area contributed by atoms with E-state index in [-0.39, 0.29) is 0 Å². The molecule has 0 atom stereocenters. The maximum atomic E-state index is 9.93. The first kappa shape index (κ1) is 10.4. The maximum Gasteiger partial charge on any atom is 0.185 e. The van der Waals surface area contributed by atoms with Gasteiger partial charge in [-0.25, -0.2) is 0 Å². The first-order valence-corrected chi connectivity index (χ1v) is 3.38. The summed E-state index contributed by atoms with van der Waals surface area (Å²) in [4.78, 5) is 9.93. The third kappa shape index (κ3) is 4.27. The van der Waals surface area contributed by atoms with E-state index < -0.39 is 0 Å². The van der Waals surface area contributed by atoms with Gasteiger partial charge in [0.25, 0.3) is 0 Å². The smallest absolute Gasteiger partial charge is 0.185 e. The highest BCUT2D eigenvalue weighted by atomic mass is 16.4. The van der Waals surface area contributed by atoms with Gasteiger partial charge in [0.2, 0.25) is 0 Å². The predicted octanol–water partition coefficient (Wildman–Crippen LogP) is 1.87. The Bertz CT molecular complexity index is 249. The van der Waals surface area contributed by atoms with E-state index in [0.29, 0.717) is 12.0 Å². The van der Waals surface area contributed by atoms with Crippen LogP contribution in [-0.2, 0) is 0 Å². The average Bonchev–Trinajstić information content (AvgIpc) is 2.52. The first-order chi connectivity index (χ1) is 5.74. The Labute approximate surface area is 70.5 Å². The number of oxime groups is 1. The van der Waals surface area contributed by atoms with E-state index >= 15 is 0 Å². The van der Waals surface area contributed by atoms with E-state index in [9.17, 15) is 4.79 Å². The van der Waals surface area contributed by atoms with Crippen molar-refractivity contribution in [2.24, 2.45) is 5.16 Å². The second kappa shape index (κ2) is 6.15. The molecule has 4 nitrogen and oxygen atoms in total. The normalized spacial score (nSPS) is 9.17. The van der Waals surface area contributed by atoms with E-state index in [4.69, 9.17) is 9.62 Å². The van der Waals surface area contributed by atoms with Gasteiger partial charge in [-0.15, -0.1) is 5.16 Å². The van der Waals surface area contributed by atoms with Crippen molar-refractivity contribution in [3.63, 3.8) is 0 Å². The summed E-state index contributed by atoms with van der Waals surface area (Å²) in [7, 11) is 0. The summed E-state index contributed by atoms with van der Waals surface area (Å²) in [6, 6.07) is 3.39. The van der Waals surface area contributed by atoms with Crippen LogP contribution in [-0.4, -0.2) is 17.7 Å². The molecule has 0 saturated heterocycles. The van der Waals surface area contributed by atoms with Crippen LogP contribution in [0.25, 0.3) is 0 Å². The molecule has 0 saturated carbocycles. The minimum Gasteiger partial charge on any atom is -0.459 e. The summed E-state index contributed by atoms with van der Waals surface area (Å²) >= 11 is 0. The van der Waals surface area contributed by atoms with Crippen LogP contribution in [0, 0.1) is 6.92 Å². The van der Waals surface area contributed by atoms with Gasteiger partial charge in [-0.1, -0.05) is 0 Å². The minimum atomic E-state index is 0.391. The van der Waals surface area contributed by atoms with Crippen molar-refractivity contribution in [1.82, 2.24) is 0 Å². The first-order valence-electron chi connectivity index (χ1n) is 3.38. The summed E-state index contributed by atoms with van der Waals surface area (Å²) in [6.45, 7) is 3.44. The summed E-state index contributed by atoms with van der Waals surface area (Å²) in [6.07, 6.45) is 1.99. The molecule has 12 heavy (non-hydrogen) atoms. The molecule has 1 heterocycles. The fourth-order valence-electron chi connectivity index (χ4n) is 0.517. The number of rotatable bonds is 1. The molecular weight excluding hydrogens is 158 g/mol. The Balaban J connectivity index is 0.000000261. The summed E-state index contributed by atoms with van der Waals surface area (Å²) in [5.74, 6) is 1.16. The van der Waals surface area contributed by atoms with Crippen molar-refractivity contribution in [3.05, 3.63) is 23.7 Å². The van der Waals surface area contributed by atoms with Crippen LogP contribution in [0.1, 0.15) is 23.2 Å². The molecule has 0 amide bonds. The van der Waals surface area contributed by atoms with Crippen molar-refractivity contribution in [2.75, 3.05) is 0 Å². The SMILES string of the molecule is C/C=N/O.Cc1ccc(C=O)o1. The zero-order valence-corrected chi connectivity index (χ0v) is 7.02.